The van der Waals surface area contributed by atoms with E-state index in [0.717, 1.165) is 28.0 Å². The van der Waals surface area contributed by atoms with Gasteiger partial charge in [-0.2, -0.15) is 0 Å². The number of carbonyl (C=O) groups excluding carboxylic acids is 4. The number of aliphatic hydroxyl groups excluding tert-OH is 1. The highest BCUT2D eigenvalue weighted by atomic mass is 32.2. The molecule has 3 amide bonds. The van der Waals surface area contributed by atoms with Crippen molar-refractivity contribution in [3.63, 3.8) is 0 Å². The molecule has 198 valence electrons. The maximum atomic E-state index is 12.9. The lowest BCUT2D eigenvalue weighted by molar-refractivity contribution is -0.384. The number of nitrogens with zero attached hydrogens (tertiary/aromatic N) is 4. The molecule has 0 bridgehead atoms. The summed E-state index contributed by atoms with van der Waals surface area (Å²) in [6.45, 7) is -0.251. The Balaban J connectivity index is 1.42. The van der Waals surface area contributed by atoms with Crippen molar-refractivity contribution in [2.75, 3.05) is 18.2 Å². The standard InChI is InChI=1S/C21H18N6O9S2/c1-35-25-14(12-7-38-21(23-12)22-9-28)17(30)24-15-18(31)26-16(13(29)8-37-19(15)26)20(32)36-6-10-2-4-11(5-3-10)27(33)34/h2-5,7,9,15,19,29H,6,8H2,1H3,(H,24,30)(H,22,23,28)/t15?,19-/m1/s1. The second-order valence-corrected chi connectivity index (χ2v) is 9.54. The first-order chi connectivity index (χ1) is 18.2. The van der Waals surface area contributed by atoms with E-state index in [1.54, 1.807) is 0 Å². The van der Waals surface area contributed by atoms with E-state index in [1.165, 1.54) is 36.8 Å². The molecule has 1 aromatic carbocycles. The number of non-ortho nitro benzene ring substituents is 1. The Morgan fingerprint density at radius 2 is 2.11 bits per heavy atom. The molecule has 15 nitrogen and oxygen atoms in total. The van der Waals surface area contributed by atoms with Crippen molar-refractivity contribution < 1.29 is 38.8 Å². The number of oxime groups is 1. The molecule has 0 radical (unpaired) electrons. The zero-order chi connectivity index (χ0) is 27.4. The molecule has 0 saturated carbocycles. The summed E-state index contributed by atoms with van der Waals surface area (Å²) >= 11 is 2.17. The fourth-order valence-corrected chi connectivity index (χ4v) is 5.38. The third-order valence-electron chi connectivity index (χ3n) is 5.27. The Labute approximate surface area is 221 Å². The first kappa shape index (κ1) is 26.6. The van der Waals surface area contributed by atoms with E-state index in [-0.39, 0.29) is 46.0 Å². The minimum Gasteiger partial charge on any atom is -0.509 e. The molecule has 1 saturated heterocycles. The predicted molar refractivity (Wildman–Crippen MR) is 133 cm³/mol. The SMILES string of the molecule is CON=C(C(=O)NC1C(=O)N2C(C(=O)OCc3ccc([N+](=O)[O-])cc3)=C(O)CS[C@H]12)c1csc(NC=O)n1. The van der Waals surface area contributed by atoms with Crippen LogP contribution in [0.15, 0.2) is 46.3 Å². The predicted octanol–water partition coefficient (Wildman–Crippen LogP) is 0.883. The number of esters is 1. The van der Waals surface area contributed by atoms with Gasteiger partial charge in [0.2, 0.25) is 6.41 Å². The summed E-state index contributed by atoms with van der Waals surface area (Å²) in [4.78, 5) is 69.2. The molecule has 1 unspecified atom stereocenters. The number of thiazole rings is 1. The van der Waals surface area contributed by atoms with Gasteiger partial charge < -0.3 is 25.3 Å². The Hall–Kier alpha value is -4.51. The van der Waals surface area contributed by atoms with Crippen LogP contribution < -0.4 is 10.6 Å². The Bertz CT molecular complexity index is 1360. The van der Waals surface area contributed by atoms with Crippen LogP contribution in [0.3, 0.4) is 0 Å². The number of benzene rings is 1. The monoisotopic (exact) mass is 562 g/mol. The molecule has 2 atom stereocenters. The number of hydrogen-bond acceptors (Lipinski definition) is 13. The Morgan fingerprint density at radius 3 is 2.76 bits per heavy atom. The van der Waals surface area contributed by atoms with E-state index in [1.807, 2.05) is 0 Å². The van der Waals surface area contributed by atoms with Crippen LogP contribution in [-0.4, -0.2) is 74.1 Å². The number of anilines is 1. The number of nitro benzene ring substituents is 1. The number of aromatic nitrogens is 1. The quantitative estimate of drug-likeness (QED) is 0.0926. The van der Waals surface area contributed by atoms with Gasteiger partial charge in [-0.15, -0.1) is 23.1 Å². The summed E-state index contributed by atoms with van der Waals surface area (Å²) < 4.78 is 5.22. The molecule has 4 rings (SSSR count). The normalized spacial score (nSPS) is 18.7. The van der Waals surface area contributed by atoms with E-state index in [0.29, 0.717) is 12.0 Å². The average molecular weight is 563 g/mol. The van der Waals surface area contributed by atoms with E-state index >= 15 is 0 Å². The number of nitro groups is 1. The van der Waals surface area contributed by atoms with Gasteiger partial charge in [0.1, 0.15) is 36.6 Å². The maximum Gasteiger partial charge on any atom is 0.358 e. The third-order valence-corrected chi connectivity index (χ3v) is 7.31. The summed E-state index contributed by atoms with van der Waals surface area (Å²) in [6, 6.07) is 4.29. The molecule has 3 heterocycles. The summed E-state index contributed by atoms with van der Waals surface area (Å²) in [7, 11) is 1.22. The van der Waals surface area contributed by atoms with E-state index in [4.69, 9.17) is 9.57 Å². The number of hydrogen-bond donors (Lipinski definition) is 3. The molecular formula is C21H18N6O9S2. The topological polar surface area (TPSA) is 203 Å². The van der Waals surface area contributed by atoms with Crippen molar-refractivity contribution in [1.29, 1.82) is 0 Å². The fraction of sp³-hybridized carbons (Fsp3) is 0.238. The van der Waals surface area contributed by atoms with Gasteiger partial charge in [0.05, 0.1) is 10.7 Å². The first-order valence-corrected chi connectivity index (χ1v) is 12.5. The molecule has 1 aromatic heterocycles. The molecule has 0 spiro atoms. The van der Waals surface area contributed by atoms with E-state index in [9.17, 15) is 34.4 Å². The lowest BCUT2D eigenvalue weighted by Crippen LogP contribution is -2.71. The van der Waals surface area contributed by atoms with Crippen molar-refractivity contribution >= 4 is 63.8 Å². The molecule has 17 heteroatoms. The van der Waals surface area contributed by atoms with Crippen LogP contribution in [0, 0.1) is 10.1 Å². The Morgan fingerprint density at radius 1 is 1.37 bits per heavy atom. The van der Waals surface area contributed by atoms with E-state index < -0.39 is 34.1 Å². The number of amides is 3. The highest BCUT2D eigenvalue weighted by molar-refractivity contribution is 8.00. The van der Waals surface area contributed by atoms with Gasteiger partial charge >= 0.3 is 5.97 Å². The van der Waals surface area contributed by atoms with Crippen LogP contribution in [0.4, 0.5) is 10.8 Å². The van der Waals surface area contributed by atoms with Gasteiger partial charge in [0, 0.05) is 17.5 Å². The van der Waals surface area contributed by atoms with Crippen LogP contribution >= 0.6 is 23.1 Å². The van der Waals surface area contributed by atoms with Gasteiger partial charge in [-0.3, -0.25) is 29.4 Å². The molecule has 2 aliphatic heterocycles. The second-order valence-electron chi connectivity index (χ2n) is 7.58. The van der Waals surface area contributed by atoms with Crippen molar-refractivity contribution in [2.24, 2.45) is 5.16 Å². The average Bonchev–Trinajstić information content (AvgIpc) is 3.37. The minimum atomic E-state index is -1.05. The number of ether oxygens (including phenoxy) is 1. The van der Waals surface area contributed by atoms with Crippen LogP contribution in [0.5, 0.6) is 0 Å². The fourth-order valence-electron chi connectivity index (χ4n) is 3.53. The molecule has 38 heavy (non-hydrogen) atoms. The lowest BCUT2D eigenvalue weighted by Gasteiger charge is -2.48. The molecule has 2 aromatic rings. The summed E-state index contributed by atoms with van der Waals surface area (Å²) in [5, 5.41) is 30.6. The van der Waals surface area contributed by atoms with Gasteiger partial charge in [-0.25, -0.2) is 9.78 Å². The van der Waals surface area contributed by atoms with Crippen molar-refractivity contribution in [3.8, 4) is 0 Å². The zero-order valence-corrected chi connectivity index (χ0v) is 21.0. The molecule has 1 fully saturated rings. The maximum absolute atomic E-state index is 12.9. The smallest absolute Gasteiger partial charge is 0.358 e. The summed E-state index contributed by atoms with van der Waals surface area (Å²) in [5.41, 5.74) is -0.147. The second kappa shape index (κ2) is 11.3. The zero-order valence-electron chi connectivity index (χ0n) is 19.4. The van der Waals surface area contributed by atoms with Gasteiger partial charge in [-0.05, 0) is 17.7 Å². The summed E-state index contributed by atoms with van der Waals surface area (Å²) in [5.74, 6) is -2.80. The molecule has 2 aliphatic rings. The summed E-state index contributed by atoms with van der Waals surface area (Å²) in [6.07, 6.45) is 0.426. The molecule has 3 N–H and O–H groups in total. The van der Waals surface area contributed by atoms with Crippen LogP contribution in [0.25, 0.3) is 0 Å². The highest BCUT2D eigenvalue weighted by Crippen LogP contribution is 2.40. The first-order valence-electron chi connectivity index (χ1n) is 10.6. The number of thioether (sulfide) groups is 1. The van der Waals surface area contributed by atoms with Gasteiger partial charge in [0.25, 0.3) is 17.5 Å². The number of rotatable bonds is 10. The molecular weight excluding hydrogens is 544 g/mol. The highest BCUT2D eigenvalue weighted by Gasteiger charge is 2.55. The van der Waals surface area contributed by atoms with Crippen molar-refractivity contribution in [1.82, 2.24) is 15.2 Å². The van der Waals surface area contributed by atoms with Gasteiger partial charge in [0.15, 0.2) is 16.5 Å². The van der Waals surface area contributed by atoms with Crippen molar-refractivity contribution in [2.45, 2.75) is 18.0 Å². The van der Waals surface area contributed by atoms with Crippen LogP contribution in [0.2, 0.25) is 0 Å². The Kier molecular flexibility index (Phi) is 7.87. The lowest BCUT2D eigenvalue weighted by atomic mass is 10.0. The number of fused-ring (bicyclic) bond motifs is 1. The number of nitrogens with one attached hydrogen (secondary N) is 2. The van der Waals surface area contributed by atoms with Crippen molar-refractivity contribution in [3.05, 3.63) is 62.5 Å². The number of β-lactam (4-membered cyclic amide) rings is 1. The number of carbonyl (C=O) groups is 4. The van der Waals surface area contributed by atoms with Crippen LogP contribution in [0.1, 0.15) is 11.3 Å². The molecule has 0 aliphatic carbocycles. The third kappa shape index (κ3) is 5.28. The largest absolute Gasteiger partial charge is 0.509 e. The van der Waals surface area contributed by atoms with Gasteiger partial charge in [-0.1, -0.05) is 5.16 Å². The van der Waals surface area contributed by atoms with E-state index in [2.05, 4.69) is 20.8 Å². The van der Waals surface area contributed by atoms with Crippen LogP contribution in [-0.2, 0) is 35.4 Å². The minimum absolute atomic E-state index is 0.0192. The number of aliphatic hydroxyl groups is 1.